The highest BCUT2D eigenvalue weighted by Crippen LogP contribution is 2.40. The van der Waals surface area contributed by atoms with E-state index in [9.17, 15) is 14.0 Å². The highest BCUT2D eigenvalue weighted by atomic mass is 35.5. The van der Waals surface area contributed by atoms with Crippen LogP contribution < -0.4 is 16.2 Å². The third kappa shape index (κ3) is 3.48. The summed E-state index contributed by atoms with van der Waals surface area (Å²) in [7, 11) is 0. The zero-order chi connectivity index (χ0) is 18.1. The van der Waals surface area contributed by atoms with Crippen LogP contribution in [-0.2, 0) is 11.3 Å². The number of hydrogen-bond donors (Lipinski definition) is 1. The molecule has 0 radical (unpaired) electrons. The fourth-order valence-corrected chi connectivity index (χ4v) is 3.56. The minimum absolute atomic E-state index is 0.0596. The van der Waals surface area contributed by atoms with Crippen LogP contribution in [0.2, 0.25) is 10.0 Å². The van der Waals surface area contributed by atoms with Gasteiger partial charge in [-0.2, -0.15) is 5.10 Å². The third-order valence-electron chi connectivity index (χ3n) is 4.15. The SMILES string of the molecule is NC(=O)Cn1ncc(N2CCCC2c2cc(F)ccc2Cl)c(Cl)c1=O. The van der Waals surface area contributed by atoms with Gasteiger partial charge in [0, 0.05) is 11.6 Å². The molecule has 2 aromatic rings. The van der Waals surface area contributed by atoms with Crippen LogP contribution in [0.3, 0.4) is 0 Å². The molecule has 0 saturated carbocycles. The van der Waals surface area contributed by atoms with Crippen LogP contribution in [-0.4, -0.2) is 22.2 Å². The van der Waals surface area contributed by atoms with E-state index in [-0.39, 0.29) is 23.4 Å². The second-order valence-electron chi connectivity index (χ2n) is 5.79. The van der Waals surface area contributed by atoms with E-state index in [0.717, 1.165) is 17.5 Å². The van der Waals surface area contributed by atoms with E-state index in [0.29, 0.717) is 22.8 Å². The summed E-state index contributed by atoms with van der Waals surface area (Å²) in [6, 6.07) is 3.98. The van der Waals surface area contributed by atoms with Crippen molar-refractivity contribution in [2.24, 2.45) is 5.73 Å². The van der Waals surface area contributed by atoms with Crippen molar-refractivity contribution in [2.75, 3.05) is 11.4 Å². The van der Waals surface area contributed by atoms with Crippen molar-refractivity contribution >= 4 is 34.8 Å². The number of anilines is 1. The first-order valence-electron chi connectivity index (χ1n) is 7.64. The van der Waals surface area contributed by atoms with Crippen LogP contribution in [0.5, 0.6) is 0 Å². The van der Waals surface area contributed by atoms with Gasteiger partial charge >= 0.3 is 0 Å². The Balaban J connectivity index is 2.01. The van der Waals surface area contributed by atoms with Gasteiger partial charge in [-0.3, -0.25) is 9.59 Å². The molecule has 2 N–H and O–H groups in total. The summed E-state index contributed by atoms with van der Waals surface area (Å²) in [5.74, 6) is -1.07. The van der Waals surface area contributed by atoms with Gasteiger partial charge in [0.2, 0.25) is 5.91 Å². The number of carbonyl (C=O) groups is 1. The van der Waals surface area contributed by atoms with Gasteiger partial charge in [-0.05, 0) is 36.6 Å². The maximum Gasteiger partial charge on any atom is 0.288 e. The lowest BCUT2D eigenvalue weighted by molar-refractivity contribution is -0.118. The number of rotatable bonds is 4. The highest BCUT2D eigenvalue weighted by molar-refractivity contribution is 6.33. The predicted molar refractivity (Wildman–Crippen MR) is 93.4 cm³/mol. The van der Waals surface area contributed by atoms with Gasteiger partial charge in [-0.1, -0.05) is 23.2 Å². The fraction of sp³-hybridized carbons (Fsp3) is 0.312. The van der Waals surface area contributed by atoms with Crippen molar-refractivity contribution in [3.05, 3.63) is 56.2 Å². The van der Waals surface area contributed by atoms with Crippen LogP contribution in [0.25, 0.3) is 0 Å². The maximum atomic E-state index is 13.6. The first-order valence-corrected chi connectivity index (χ1v) is 8.39. The van der Waals surface area contributed by atoms with Crippen molar-refractivity contribution in [3.63, 3.8) is 0 Å². The molecule has 1 aliphatic heterocycles. The molecule has 3 rings (SSSR count). The molecule has 0 bridgehead atoms. The van der Waals surface area contributed by atoms with E-state index in [1.54, 1.807) is 0 Å². The van der Waals surface area contributed by atoms with E-state index < -0.39 is 11.5 Å². The van der Waals surface area contributed by atoms with Crippen molar-refractivity contribution in [2.45, 2.75) is 25.4 Å². The Morgan fingerprint density at radius 3 is 2.88 bits per heavy atom. The van der Waals surface area contributed by atoms with Gasteiger partial charge in [-0.25, -0.2) is 9.07 Å². The lowest BCUT2D eigenvalue weighted by Gasteiger charge is -2.28. The average molecular weight is 385 g/mol. The molecule has 132 valence electrons. The lowest BCUT2D eigenvalue weighted by atomic mass is 10.0. The maximum absolute atomic E-state index is 13.6. The number of halogens is 3. The molecule has 1 aromatic heterocycles. The van der Waals surface area contributed by atoms with E-state index in [1.807, 2.05) is 4.90 Å². The monoisotopic (exact) mass is 384 g/mol. The zero-order valence-corrected chi connectivity index (χ0v) is 14.6. The molecule has 0 aliphatic carbocycles. The number of benzene rings is 1. The number of nitrogens with two attached hydrogens (primary N) is 1. The Hall–Kier alpha value is -2.12. The number of carbonyl (C=O) groups excluding carboxylic acids is 1. The van der Waals surface area contributed by atoms with Crippen LogP contribution in [0.4, 0.5) is 10.1 Å². The Kier molecular flexibility index (Phi) is 4.96. The molecule has 1 amide bonds. The lowest BCUT2D eigenvalue weighted by Crippen LogP contribution is -2.32. The topological polar surface area (TPSA) is 81.2 Å². The summed E-state index contributed by atoms with van der Waals surface area (Å²) in [6.45, 7) is 0.274. The molecule has 0 spiro atoms. The quantitative estimate of drug-likeness (QED) is 0.877. The number of amides is 1. The first kappa shape index (κ1) is 17.7. The number of hydrogen-bond acceptors (Lipinski definition) is 4. The summed E-state index contributed by atoms with van der Waals surface area (Å²) in [4.78, 5) is 25.2. The Morgan fingerprint density at radius 1 is 1.40 bits per heavy atom. The van der Waals surface area contributed by atoms with Gasteiger partial charge in [0.15, 0.2) is 0 Å². The molecule has 25 heavy (non-hydrogen) atoms. The zero-order valence-electron chi connectivity index (χ0n) is 13.1. The summed E-state index contributed by atoms with van der Waals surface area (Å²) in [5, 5.41) is 4.35. The van der Waals surface area contributed by atoms with Gasteiger partial charge < -0.3 is 10.6 Å². The normalized spacial score (nSPS) is 17.1. The molecule has 1 saturated heterocycles. The second kappa shape index (κ2) is 7.01. The largest absolute Gasteiger partial charge is 0.368 e. The van der Waals surface area contributed by atoms with Crippen LogP contribution in [0.15, 0.2) is 29.2 Å². The number of aromatic nitrogens is 2. The average Bonchev–Trinajstić information content (AvgIpc) is 3.03. The second-order valence-corrected chi connectivity index (χ2v) is 6.58. The molecule has 1 fully saturated rings. The fourth-order valence-electron chi connectivity index (χ4n) is 3.07. The van der Waals surface area contributed by atoms with E-state index in [2.05, 4.69) is 5.10 Å². The molecule has 2 heterocycles. The minimum atomic E-state index is -0.691. The Morgan fingerprint density at radius 2 is 2.16 bits per heavy atom. The number of nitrogens with zero attached hydrogens (tertiary/aromatic N) is 3. The van der Waals surface area contributed by atoms with Crippen LogP contribution >= 0.6 is 23.2 Å². The van der Waals surface area contributed by atoms with Gasteiger partial charge in [-0.15, -0.1) is 0 Å². The van der Waals surface area contributed by atoms with Crippen molar-refractivity contribution < 1.29 is 9.18 Å². The smallest absolute Gasteiger partial charge is 0.288 e. The molecule has 1 unspecified atom stereocenters. The molecular formula is C16H15Cl2FN4O2. The first-order chi connectivity index (χ1) is 11.9. The summed E-state index contributed by atoms with van der Waals surface area (Å²) < 4.78 is 14.5. The number of primary amides is 1. The van der Waals surface area contributed by atoms with Crippen molar-refractivity contribution in [3.8, 4) is 0 Å². The Bertz CT molecular complexity index is 887. The van der Waals surface area contributed by atoms with Gasteiger partial charge in [0.25, 0.3) is 5.56 Å². The van der Waals surface area contributed by atoms with Crippen LogP contribution in [0, 0.1) is 5.82 Å². The van der Waals surface area contributed by atoms with Gasteiger partial charge in [0.1, 0.15) is 17.4 Å². The van der Waals surface area contributed by atoms with E-state index in [1.165, 1.54) is 24.4 Å². The molecule has 1 aromatic carbocycles. The summed E-state index contributed by atoms with van der Waals surface area (Å²) in [5.41, 5.74) is 5.55. The van der Waals surface area contributed by atoms with E-state index in [4.69, 9.17) is 28.9 Å². The van der Waals surface area contributed by atoms with Crippen molar-refractivity contribution in [1.82, 2.24) is 9.78 Å². The van der Waals surface area contributed by atoms with Crippen LogP contribution in [0.1, 0.15) is 24.4 Å². The Labute approximate surface area is 152 Å². The van der Waals surface area contributed by atoms with Crippen molar-refractivity contribution in [1.29, 1.82) is 0 Å². The highest BCUT2D eigenvalue weighted by Gasteiger charge is 2.30. The standard InChI is InChI=1S/C16H15Cl2FN4O2/c17-11-4-3-9(19)6-10(11)12-2-1-5-22(12)13-7-21-23(8-14(20)24)16(25)15(13)18/h3-4,6-7,12H,1-2,5,8H2,(H2,20,24). The third-order valence-corrected chi connectivity index (χ3v) is 4.85. The minimum Gasteiger partial charge on any atom is -0.368 e. The predicted octanol–water partition coefficient (Wildman–Crippen LogP) is 2.52. The summed E-state index contributed by atoms with van der Waals surface area (Å²) in [6.07, 6.45) is 2.99. The van der Waals surface area contributed by atoms with Gasteiger partial charge in [0.05, 0.1) is 17.9 Å². The molecule has 1 atom stereocenters. The molecular weight excluding hydrogens is 370 g/mol. The molecule has 1 aliphatic rings. The summed E-state index contributed by atoms with van der Waals surface area (Å²) >= 11 is 12.4. The molecule has 9 heteroatoms. The molecule has 6 nitrogen and oxygen atoms in total. The van der Waals surface area contributed by atoms with E-state index >= 15 is 0 Å².